The van der Waals surface area contributed by atoms with E-state index in [0.29, 0.717) is 34.1 Å². The summed E-state index contributed by atoms with van der Waals surface area (Å²) in [4.78, 5) is 27.3. The van der Waals surface area contributed by atoms with Crippen molar-refractivity contribution < 1.29 is 18.7 Å². The van der Waals surface area contributed by atoms with Crippen molar-refractivity contribution in [1.29, 1.82) is 0 Å². The van der Waals surface area contributed by atoms with E-state index in [-0.39, 0.29) is 17.6 Å². The van der Waals surface area contributed by atoms with E-state index in [2.05, 4.69) is 5.32 Å². The Labute approximate surface area is 184 Å². The molecule has 0 aromatic heterocycles. The average molecular weight is 439 g/mol. The molecule has 0 spiro atoms. The molecule has 1 aliphatic rings. The van der Waals surface area contributed by atoms with Gasteiger partial charge in [0, 0.05) is 29.0 Å². The number of halogens is 2. The van der Waals surface area contributed by atoms with Gasteiger partial charge in [-0.05, 0) is 79.1 Å². The Hall–Kier alpha value is -3.38. The number of rotatable bonds is 4. The number of hydrogen-bond donors (Lipinski definition) is 1. The van der Waals surface area contributed by atoms with Crippen LogP contribution >= 0.6 is 11.6 Å². The lowest BCUT2D eigenvalue weighted by Crippen LogP contribution is -2.35. The number of nitrogens with zero attached hydrogens (tertiary/aromatic N) is 1. The number of hydrogen-bond acceptors (Lipinski definition) is 3. The number of fused-ring (bicyclic) bond motifs is 1. The van der Waals surface area contributed by atoms with E-state index >= 15 is 0 Å². The Morgan fingerprint density at radius 2 is 1.77 bits per heavy atom. The average Bonchev–Trinajstić information content (AvgIpc) is 2.78. The summed E-state index contributed by atoms with van der Waals surface area (Å²) in [5.74, 6) is -0.319. The van der Waals surface area contributed by atoms with Gasteiger partial charge in [0.25, 0.3) is 11.8 Å². The van der Waals surface area contributed by atoms with E-state index in [1.807, 2.05) is 0 Å². The van der Waals surface area contributed by atoms with Crippen molar-refractivity contribution in [3.8, 4) is 5.75 Å². The van der Waals surface area contributed by atoms with Crippen LogP contribution in [0.15, 0.2) is 60.7 Å². The predicted molar refractivity (Wildman–Crippen MR) is 119 cm³/mol. The highest BCUT2D eigenvalue weighted by atomic mass is 35.5. The highest BCUT2D eigenvalue weighted by Crippen LogP contribution is 2.31. The first-order valence-electron chi connectivity index (χ1n) is 9.81. The molecule has 31 heavy (non-hydrogen) atoms. The second-order valence-electron chi connectivity index (χ2n) is 7.21. The molecule has 5 nitrogen and oxygen atoms in total. The summed E-state index contributed by atoms with van der Waals surface area (Å²) in [7, 11) is 1.52. The number of amides is 2. The van der Waals surface area contributed by atoms with Crippen molar-refractivity contribution in [3.05, 3.63) is 88.2 Å². The SMILES string of the molecule is COc1ccc(NC(=O)c2ccc3c(c2)CCCN3C(=O)c2ccc(F)cc2)cc1Cl. The van der Waals surface area contributed by atoms with Crippen LogP contribution in [0.3, 0.4) is 0 Å². The fraction of sp³-hybridized carbons (Fsp3) is 0.167. The van der Waals surface area contributed by atoms with Gasteiger partial charge in [0.15, 0.2) is 0 Å². The molecule has 7 heteroatoms. The second-order valence-corrected chi connectivity index (χ2v) is 7.62. The molecule has 0 saturated carbocycles. The molecule has 3 aromatic carbocycles. The minimum Gasteiger partial charge on any atom is -0.495 e. The summed E-state index contributed by atoms with van der Waals surface area (Å²) < 4.78 is 18.3. The maximum atomic E-state index is 13.2. The predicted octanol–water partition coefficient (Wildman–Crippen LogP) is 5.33. The van der Waals surface area contributed by atoms with Crippen molar-refractivity contribution in [1.82, 2.24) is 0 Å². The van der Waals surface area contributed by atoms with Gasteiger partial charge in [-0.1, -0.05) is 11.6 Å². The van der Waals surface area contributed by atoms with Crippen LogP contribution in [0.2, 0.25) is 5.02 Å². The van der Waals surface area contributed by atoms with Crippen molar-refractivity contribution in [2.45, 2.75) is 12.8 Å². The molecule has 158 valence electrons. The quantitative estimate of drug-likeness (QED) is 0.598. The van der Waals surface area contributed by atoms with E-state index in [1.165, 1.54) is 31.4 Å². The Bertz CT molecular complexity index is 1150. The summed E-state index contributed by atoms with van der Waals surface area (Å²) in [6.07, 6.45) is 1.54. The molecule has 0 bridgehead atoms. The lowest BCUT2D eigenvalue weighted by Gasteiger charge is -2.30. The summed E-state index contributed by atoms with van der Waals surface area (Å²) in [6, 6.07) is 15.8. The number of ether oxygens (including phenoxy) is 1. The Morgan fingerprint density at radius 3 is 2.48 bits per heavy atom. The van der Waals surface area contributed by atoms with E-state index in [9.17, 15) is 14.0 Å². The Morgan fingerprint density at radius 1 is 1.03 bits per heavy atom. The van der Waals surface area contributed by atoms with Crippen LogP contribution in [0.4, 0.5) is 15.8 Å². The molecule has 4 rings (SSSR count). The minimum absolute atomic E-state index is 0.189. The zero-order valence-electron chi connectivity index (χ0n) is 16.8. The van der Waals surface area contributed by atoms with Gasteiger partial charge < -0.3 is 15.0 Å². The van der Waals surface area contributed by atoms with Crippen molar-refractivity contribution >= 4 is 34.8 Å². The first kappa shape index (κ1) is 20.9. The Kier molecular flexibility index (Phi) is 5.91. The van der Waals surface area contributed by atoms with E-state index < -0.39 is 0 Å². The van der Waals surface area contributed by atoms with Crippen LogP contribution in [0, 0.1) is 5.82 Å². The number of benzene rings is 3. The van der Waals surface area contributed by atoms with E-state index in [4.69, 9.17) is 16.3 Å². The van der Waals surface area contributed by atoms with Crippen LogP contribution in [0.1, 0.15) is 32.7 Å². The van der Waals surface area contributed by atoms with Crippen LogP contribution in [-0.2, 0) is 6.42 Å². The fourth-order valence-corrected chi connectivity index (χ4v) is 3.90. The van der Waals surface area contributed by atoms with Crippen molar-refractivity contribution in [2.75, 3.05) is 23.9 Å². The van der Waals surface area contributed by atoms with E-state index in [1.54, 1.807) is 41.3 Å². The molecule has 0 aliphatic carbocycles. The van der Waals surface area contributed by atoms with Gasteiger partial charge in [0.2, 0.25) is 0 Å². The van der Waals surface area contributed by atoms with Crippen LogP contribution in [-0.4, -0.2) is 25.5 Å². The van der Waals surface area contributed by atoms with Gasteiger partial charge in [-0.3, -0.25) is 9.59 Å². The van der Waals surface area contributed by atoms with Gasteiger partial charge in [-0.2, -0.15) is 0 Å². The van der Waals surface area contributed by atoms with Gasteiger partial charge in [-0.15, -0.1) is 0 Å². The minimum atomic E-state index is -0.385. The third-order valence-electron chi connectivity index (χ3n) is 5.21. The maximum Gasteiger partial charge on any atom is 0.258 e. The summed E-state index contributed by atoms with van der Waals surface area (Å²) in [6.45, 7) is 0.569. The Balaban J connectivity index is 1.55. The smallest absolute Gasteiger partial charge is 0.258 e. The lowest BCUT2D eigenvalue weighted by molar-refractivity contribution is 0.0984. The number of carbonyl (C=O) groups is 2. The molecular formula is C24H20ClFN2O3. The second kappa shape index (κ2) is 8.78. The van der Waals surface area contributed by atoms with Crippen LogP contribution in [0.5, 0.6) is 5.75 Å². The zero-order valence-corrected chi connectivity index (χ0v) is 17.6. The summed E-state index contributed by atoms with van der Waals surface area (Å²) in [5.41, 5.74) is 3.16. The lowest BCUT2D eigenvalue weighted by atomic mass is 9.98. The third kappa shape index (κ3) is 4.39. The number of nitrogens with one attached hydrogen (secondary N) is 1. The molecule has 0 atom stereocenters. The van der Waals surface area contributed by atoms with Gasteiger partial charge in [0.1, 0.15) is 11.6 Å². The molecular weight excluding hydrogens is 419 g/mol. The number of anilines is 2. The van der Waals surface area contributed by atoms with Crippen LogP contribution < -0.4 is 15.0 Å². The summed E-state index contributed by atoms with van der Waals surface area (Å²) >= 11 is 6.12. The number of aryl methyl sites for hydroxylation is 1. The standard InChI is InChI=1S/C24H20ClFN2O3/c1-31-22-11-9-19(14-20(22)25)27-23(29)17-6-10-21-16(13-17)3-2-12-28(21)24(30)15-4-7-18(26)8-5-15/h4-11,13-14H,2-3,12H2,1H3,(H,27,29). The fourth-order valence-electron chi connectivity index (χ4n) is 3.65. The largest absolute Gasteiger partial charge is 0.495 e. The van der Waals surface area contributed by atoms with Crippen molar-refractivity contribution in [3.63, 3.8) is 0 Å². The first-order valence-corrected chi connectivity index (χ1v) is 10.2. The molecule has 2 amide bonds. The van der Waals surface area contributed by atoms with Crippen LogP contribution in [0.25, 0.3) is 0 Å². The molecule has 0 unspecified atom stereocenters. The number of carbonyl (C=O) groups excluding carboxylic acids is 2. The molecule has 1 aliphatic heterocycles. The third-order valence-corrected chi connectivity index (χ3v) is 5.50. The van der Waals surface area contributed by atoms with Gasteiger partial charge in [-0.25, -0.2) is 4.39 Å². The molecule has 0 fully saturated rings. The monoisotopic (exact) mass is 438 g/mol. The molecule has 1 N–H and O–H groups in total. The highest BCUT2D eigenvalue weighted by molar-refractivity contribution is 6.32. The number of methoxy groups -OCH3 is 1. The maximum absolute atomic E-state index is 13.2. The molecule has 3 aromatic rings. The first-order chi connectivity index (χ1) is 15.0. The zero-order chi connectivity index (χ0) is 22.0. The normalized spacial score (nSPS) is 12.8. The van der Waals surface area contributed by atoms with Crippen molar-refractivity contribution in [2.24, 2.45) is 0 Å². The van der Waals surface area contributed by atoms with Gasteiger partial charge >= 0.3 is 0 Å². The van der Waals surface area contributed by atoms with Gasteiger partial charge in [0.05, 0.1) is 12.1 Å². The molecule has 0 radical (unpaired) electrons. The topological polar surface area (TPSA) is 58.6 Å². The highest BCUT2D eigenvalue weighted by Gasteiger charge is 2.24. The molecule has 0 saturated heterocycles. The van der Waals surface area contributed by atoms with E-state index in [0.717, 1.165) is 24.1 Å². The molecule has 1 heterocycles. The summed E-state index contributed by atoms with van der Waals surface area (Å²) in [5, 5.41) is 3.23.